The molecule has 1 fully saturated rings. The molecule has 1 saturated heterocycles. The van der Waals surface area contributed by atoms with Crippen molar-refractivity contribution < 1.29 is 22.7 Å². The Morgan fingerprint density at radius 3 is 2.44 bits per heavy atom. The van der Waals surface area contributed by atoms with E-state index in [1.165, 1.54) is 12.1 Å². The second-order valence-corrected chi connectivity index (χ2v) is 8.61. The normalized spacial score (nSPS) is 21.0. The Kier molecular flexibility index (Phi) is 6.23. The standard InChI is InChI=1S/C16H21BrN2O5S/c1-10-4-3-5-11(2)19(10)15(20)9-24-16(21)13-8-12(25(18,22)23)6-7-14(13)17/h6-8,10-11H,3-5,9H2,1-2H3,(H2,18,22,23). The minimum Gasteiger partial charge on any atom is -0.452 e. The molecule has 0 radical (unpaired) electrons. The Morgan fingerprint density at radius 2 is 1.88 bits per heavy atom. The van der Waals surface area contributed by atoms with Crippen LogP contribution in [0.25, 0.3) is 0 Å². The number of hydrogen-bond acceptors (Lipinski definition) is 5. The number of likely N-dealkylation sites (tertiary alicyclic amines) is 1. The zero-order valence-electron chi connectivity index (χ0n) is 14.1. The van der Waals surface area contributed by atoms with Crippen molar-refractivity contribution in [3.05, 3.63) is 28.2 Å². The van der Waals surface area contributed by atoms with E-state index in [4.69, 9.17) is 9.88 Å². The molecule has 1 heterocycles. The van der Waals surface area contributed by atoms with Crippen LogP contribution in [-0.2, 0) is 19.6 Å². The fourth-order valence-corrected chi connectivity index (χ4v) is 3.98. The molecule has 1 amide bonds. The summed E-state index contributed by atoms with van der Waals surface area (Å²) < 4.78 is 28.3. The highest BCUT2D eigenvalue weighted by atomic mass is 79.9. The molecule has 0 bridgehead atoms. The van der Waals surface area contributed by atoms with E-state index in [9.17, 15) is 18.0 Å². The number of carbonyl (C=O) groups is 2. The van der Waals surface area contributed by atoms with Crippen molar-refractivity contribution >= 4 is 37.8 Å². The lowest BCUT2D eigenvalue weighted by molar-refractivity contribution is -0.140. The molecule has 0 spiro atoms. The van der Waals surface area contributed by atoms with Crippen LogP contribution in [0.3, 0.4) is 0 Å². The van der Waals surface area contributed by atoms with Crippen molar-refractivity contribution in [2.75, 3.05) is 6.61 Å². The van der Waals surface area contributed by atoms with Crippen LogP contribution in [0.5, 0.6) is 0 Å². The van der Waals surface area contributed by atoms with E-state index < -0.39 is 16.0 Å². The van der Waals surface area contributed by atoms with Crippen molar-refractivity contribution in [3.8, 4) is 0 Å². The van der Waals surface area contributed by atoms with Gasteiger partial charge < -0.3 is 9.64 Å². The molecular formula is C16H21BrN2O5S. The maximum absolute atomic E-state index is 12.4. The second-order valence-electron chi connectivity index (χ2n) is 6.19. The third kappa shape index (κ3) is 4.80. The number of amides is 1. The maximum atomic E-state index is 12.4. The summed E-state index contributed by atoms with van der Waals surface area (Å²) in [5.74, 6) is -1.05. The number of halogens is 1. The number of benzene rings is 1. The molecular weight excluding hydrogens is 412 g/mol. The van der Waals surface area contributed by atoms with Crippen molar-refractivity contribution in [1.29, 1.82) is 0 Å². The summed E-state index contributed by atoms with van der Waals surface area (Å²) >= 11 is 3.17. The number of sulfonamides is 1. The van der Waals surface area contributed by atoms with Crippen molar-refractivity contribution in [3.63, 3.8) is 0 Å². The van der Waals surface area contributed by atoms with Crippen LogP contribution >= 0.6 is 15.9 Å². The molecule has 1 aromatic rings. The molecule has 1 aliphatic rings. The average molecular weight is 433 g/mol. The molecule has 25 heavy (non-hydrogen) atoms. The summed E-state index contributed by atoms with van der Waals surface area (Å²) in [5.41, 5.74) is -0.000865. The lowest BCUT2D eigenvalue weighted by atomic mass is 9.97. The third-order valence-electron chi connectivity index (χ3n) is 4.29. The van der Waals surface area contributed by atoms with Crippen molar-refractivity contribution in [1.82, 2.24) is 4.90 Å². The van der Waals surface area contributed by atoms with Crippen LogP contribution in [-0.4, -0.2) is 43.9 Å². The van der Waals surface area contributed by atoms with Gasteiger partial charge in [-0.25, -0.2) is 18.4 Å². The van der Waals surface area contributed by atoms with Crippen LogP contribution in [0, 0.1) is 0 Å². The molecule has 0 saturated carbocycles. The zero-order chi connectivity index (χ0) is 18.8. The van der Waals surface area contributed by atoms with E-state index in [2.05, 4.69) is 15.9 Å². The highest BCUT2D eigenvalue weighted by Gasteiger charge is 2.29. The number of nitrogens with two attached hydrogens (primary N) is 1. The fourth-order valence-electron chi connectivity index (χ4n) is 3.03. The topological polar surface area (TPSA) is 107 Å². The minimum atomic E-state index is -3.94. The number of rotatable bonds is 4. The number of hydrogen-bond donors (Lipinski definition) is 1. The number of primary sulfonamides is 1. The Morgan fingerprint density at radius 1 is 1.28 bits per heavy atom. The lowest BCUT2D eigenvalue weighted by Crippen LogP contribution is -2.49. The number of esters is 1. The number of nitrogens with zero attached hydrogens (tertiary/aromatic N) is 1. The van der Waals surface area contributed by atoms with Crippen LogP contribution in [0.4, 0.5) is 0 Å². The molecule has 9 heteroatoms. The molecule has 2 N–H and O–H groups in total. The van der Waals surface area contributed by atoms with E-state index in [0.717, 1.165) is 25.3 Å². The highest BCUT2D eigenvalue weighted by molar-refractivity contribution is 9.10. The molecule has 7 nitrogen and oxygen atoms in total. The number of carbonyl (C=O) groups excluding carboxylic acids is 2. The minimum absolute atomic E-state index is 0.000865. The summed E-state index contributed by atoms with van der Waals surface area (Å²) in [6, 6.07) is 4.00. The summed E-state index contributed by atoms with van der Waals surface area (Å²) in [6.45, 7) is 3.56. The van der Waals surface area contributed by atoms with Crippen LogP contribution in [0.1, 0.15) is 43.5 Å². The van der Waals surface area contributed by atoms with Crippen LogP contribution in [0.2, 0.25) is 0 Å². The first-order chi connectivity index (χ1) is 11.6. The molecule has 1 aromatic carbocycles. The van der Waals surface area contributed by atoms with Gasteiger partial charge in [-0.05, 0) is 67.2 Å². The van der Waals surface area contributed by atoms with Gasteiger partial charge in [0.1, 0.15) is 0 Å². The molecule has 1 aliphatic heterocycles. The fraction of sp³-hybridized carbons (Fsp3) is 0.500. The monoisotopic (exact) mass is 432 g/mol. The van der Waals surface area contributed by atoms with Gasteiger partial charge >= 0.3 is 5.97 Å². The van der Waals surface area contributed by atoms with E-state index in [-0.39, 0.29) is 35.1 Å². The second kappa shape index (κ2) is 7.84. The van der Waals surface area contributed by atoms with Gasteiger partial charge in [-0.1, -0.05) is 0 Å². The molecule has 0 aliphatic carbocycles. The van der Waals surface area contributed by atoms with Gasteiger partial charge in [0.2, 0.25) is 10.0 Å². The first-order valence-electron chi connectivity index (χ1n) is 7.92. The van der Waals surface area contributed by atoms with Crippen molar-refractivity contribution in [2.45, 2.75) is 50.1 Å². The molecule has 2 unspecified atom stereocenters. The summed E-state index contributed by atoms with van der Waals surface area (Å²) in [4.78, 5) is 26.2. The van der Waals surface area contributed by atoms with Crippen LogP contribution in [0.15, 0.2) is 27.6 Å². The summed E-state index contributed by atoms with van der Waals surface area (Å²) in [5, 5.41) is 5.07. The summed E-state index contributed by atoms with van der Waals surface area (Å²) in [7, 11) is -3.94. The largest absolute Gasteiger partial charge is 0.452 e. The number of ether oxygens (including phenoxy) is 1. The average Bonchev–Trinajstić information content (AvgIpc) is 2.51. The van der Waals surface area contributed by atoms with E-state index in [1.54, 1.807) is 4.90 Å². The van der Waals surface area contributed by atoms with Crippen LogP contribution < -0.4 is 5.14 Å². The Labute approximate surface area is 155 Å². The van der Waals surface area contributed by atoms with E-state index in [0.29, 0.717) is 4.47 Å². The SMILES string of the molecule is CC1CCCC(C)N1C(=O)COC(=O)c1cc(S(N)(=O)=O)ccc1Br. The van der Waals surface area contributed by atoms with Gasteiger partial charge in [0, 0.05) is 16.6 Å². The Bertz CT molecular complexity index is 771. The maximum Gasteiger partial charge on any atom is 0.339 e. The van der Waals surface area contributed by atoms with Gasteiger partial charge in [0.05, 0.1) is 10.5 Å². The van der Waals surface area contributed by atoms with Gasteiger partial charge in [0.15, 0.2) is 6.61 Å². The lowest BCUT2D eigenvalue weighted by Gasteiger charge is -2.38. The highest BCUT2D eigenvalue weighted by Crippen LogP contribution is 2.24. The predicted octanol–water partition coefficient (Wildman–Crippen LogP) is 2.04. The Balaban J connectivity index is 2.09. The van der Waals surface area contributed by atoms with Gasteiger partial charge in [0.25, 0.3) is 5.91 Å². The predicted molar refractivity (Wildman–Crippen MR) is 95.4 cm³/mol. The van der Waals surface area contributed by atoms with E-state index >= 15 is 0 Å². The first-order valence-corrected chi connectivity index (χ1v) is 10.3. The molecule has 138 valence electrons. The van der Waals surface area contributed by atoms with E-state index in [1.807, 2.05) is 13.8 Å². The summed E-state index contributed by atoms with van der Waals surface area (Å²) in [6.07, 6.45) is 2.91. The molecule has 0 aromatic heterocycles. The molecule has 2 atom stereocenters. The Hall–Kier alpha value is -1.45. The zero-order valence-corrected chi connectivity index (χ0v) is 16.5. The first kappa shape index (κ1) is 19.9. The smallest absolute Gasteiger partial charge is 0.339 e. The van der Waals surface area contributed by atoms with Crippen molar-refractivity contribution in [2.24, 2.45) is 5.14 Å². The number of piperidine rings is 1. The van der Waals surface area contributed by atoms with Gasteiger partial charge in [-0.3, -0.25) is 4.79 Å². The quantitative estimate of drug-likeness (QED) is 0.732. The van der Waals surface area contributed by atoms with Gasteiger partial charge in [-0.15, -0.1) is 0 Å². The molecule has 2 rings (SSSR count). The van der Waals surface area contributed by atoms with Gasteiger partial charge in [-0.2, -0.15) is 0 Å². The third-order valence-corrected chi connectivity index (χ3v) is 5.90.